The molecule has 1 aromatic rings. The lowest BCUT2D eigenvalue weighted by Crippen LogP contribution is -2.36. The van der Waals surface area contributed by atoms with Crippen molar-refractivity contribution < 1.29 is 5.11 Å². The van der Waals surface area contributed by atoms with Gasteiger partial charge in [-0.15, -0.1) is 0 Å². The molecule has 20 heavy (non-hydrogen) atoms. The van der Waals surface area contributed by atoms with E-state index >= 15 is 0 Å². The highest BCUT2D eigenvalue weighted by Gasteiger charge is 2.14. The average Bonchev–Trinajstić information content (AvgIpc) is 2.45. The fraction of sp³-hybridized carbons (Fsp3) is 0.625. The molecular weight excluding hydrogens is 316 g/mol. The van der Waals surface area contributed by atoms with Gasteiger partial charge < -0.3 is 15.3 Å². The fourth-order valence-corrected chi connectivity index (χ4v) is 2.60. The Morgan fingerprint density at radius 1 is 1.30 bits per heavy atom. The zero-order valence-corrected chi connectivity index (χ0v) is 14.6. The molecular formula is C16H27BrN2O. The number of benzene rings is 1. The summed E-state index contributed by atoms with van der Waals surface area (Å²) in [6, 6.07) is 6.40. The van der Waals surface area contributed by atoms with Gasteiger partial charge in [-0.25, -0.2) is 0 Å². The SMILES string of the molecule is CCC(NCCN(C)C(C)CC)c1cc(Br)ccc1O. The van der Waals surface area contributed by atoms with Crippen molar-refractivity contribution in [3.63, 3.8) is 0 Å². The van der Waals surface area contributed by atoms with Gasteiger partial charge in [0.2, 0.25) is 0 Å². The molecule has 0 radical (unpaired) electrons. The molecule has 0 bridgehead atoms. The Morgan fingerprint density at radius 3 is 2.60 bits per heavy atom. The molecule has 0 aliphatic rings. The maximum Gasteiger partial charge on any atom is 0.120 e. The van der Waals surface area contributed by atoms with Crippen molar-refractivity contribution in [3.8, 4) is 5.75 Å². The first-order valence-corrected chi connectivity index (χ1v) is 8.20. The van der Waals surface area contributed by atoms with Crippen molar-refractivity contribution in [3.05, 3.63) is 28.2 Å². The molecule has 1 aromatic carbocycles. The van der Waals surface area contributed by atoms with Crippen LogP contribution in [-0.4, -0.2) is 36.2 Å². The first-order valence-electron chi connectivity index (χ1n) is 7.41. The van der Waals surface area contributed by atoms with Crippen LogP contribution in [0.5, 0.6) is 5.75 Å². The minimum Gasteiger partial charge on any atom is -0.508 e. The fourth-order valence-electron chi connectivity index (χ4n) is 2.23. The predicted molar refractivity (Wildman–Crippen MR) is 89.2 cm³/mol. The highest BCUT2D eigenvalue weighted by Crippen LogP contribution is 2.29. The van der Waals surface area contributed by atoms with E-state index in [0.717, 1.165) is 29.5 Å². The lowest BCUT2D eigenvalue weighted by atomic mass is 10.0. The molecule has 0 fully saturated rings. The second kappa shape index (κ2) is 8.65. The minimum absolute atomic E-state index is 0.192. The maximum absolute atomic E-state index is 10.0. The van der Waals surface area contributed by atoms with Gasteiger partial charge >= 0.3 is 0 Å². The van der Waals surface area contributed by atoms with Crippen LogP contribution in [0.2, 0.25) is 0 Å². The van der Waals surface area contributed by atoms with E-state index < -0.39 is 0 Å². The summed E-state index contributed by atoms with van der Waals surface area (Å²) in [7, 11) is 2.16. The number of likely N-dealkylation sites (N-methyl/N-ethyl adjacent to an activating group) is 1. The van der Waals surface area contributed by atoms with Crippen LogP contribution in [0.1, 0.15) is 45.2 Å². The molecule has 0 aromatic heterocycles. The van der Waals surface area contributed by atoms with Crippen LogP contribution in [0.4, 0.5) is 0 Å². The van der Waals surface area contributed by atoms with E-state index in [-0.39, 0.29) is 6.04 Å². The third kappa shape index (κ3) is 5.08. The zero-order chi connectivity index (χ0) is 15.1. The van der Waals surface area contributed by atoms with Crippen molar-refractivity contribution in [2.24, 2.45) is 0 Å². The molecule has 0 saturated carbocycles. The Bertz CT molecular complexity index is 411. The normalized spacial score (nSPS) is 14.5. The quantitative estimate of drug-likeness (QED) is 0.751. The number of rotatable bonds is 8. The molecule has 0 heterocycles. The smallest absolute Gasteiger partial charge is 0.120 e. The predicted octanol–water partition coefficient (Wildman–Crippen LogP) is 3.93. The largest absolute Gasteiger partial charge is 0.508 e. The molecule has 4 heteroatoms. The molecule has 3 nitrogen and oxygen atoms in total. The number of phenolic OH excluding ortho intramolecular Hbond substituents is 1. The lowest BCUT2D eigenvalue weighted by molar-refractivity contribution is 0.247. The molecule has 2 unspecified atom stereocenters. The van der Waals surface area contributed by atoms with Crippen LogP contribution in [0.15, 0.2) is 22.7 Å². The highest BCUT2D eigenvalue weighted by molar-refractivity contribution is 9.10. The van der Waals surface area contributed by atoms with Crippen LogP contribution >= 0.6 is 15.9 Å². The van der Waals surface area contributed by atoms with Crippen LogP contribution < -0.4 is 5.32 Å². The summed E-state index contributed by atoms with van der Waals surface area (Å²) in [5, 5.41) is 13.5. The third-order valence-electron chi connectivity index (χ3n) is 3.97. The molecule has 0 aliphatic carbocycles. The van der Waals surface area contributed by atoms with Gasteiger partial charge in [-0.1, -0.05) is 29.8 Å². The number of phenols is 1. The summed E-state index contributed by atoms with van der Waals surface area (Å²) in [6.07, 6.45) is 2.12. The molecule has 0 amide bonds. The number of hydrogen-bond acceptors (Lipinski definition) is 3. The Hall–Kier alpha value is -0.580. The monoisotopic (exact) mass is 342 g/mol. The van der Waals surface area contributed by atoms with Gasteiger partial charge in [-0.05, 0) is 45.0 Å². The topological polar surface area (TPSA) is 35.5 Å². The van der Waals surface area contributed by atoms with Gasteiger partial charge in [-0.2, -0.15) is 0 Å². The molecule has 0 saturated heterocycles. The second-order valence-electron chi connectivity index (χ2n) is 5.36. The van der Waals surface area contributed by atoms with Gasteiger partial charge in [0.1, 0.15) is 5.75 Å². The summed E-state index contributed by atoms with van der Waals surface area (Å²) in [5.41, 5.74) is 0.966. The van der Waals surface area contributed by atoms with Gasteiger partial charge in [0.05, 0.1) is 0 Å². The van der Waals surface area contributed by atoms with Crippen LogP contribution in [0, 0.1) is 0 Å². The standard InChI is InChI=1S/C16H27BrN2O/c1-5-12(3)19(4)10-9-18-15(6-2)14-11-13(17)7-8-16(14)20/h7-8,11-12,15,18,20H,5-6,9-10H2,1-4H3. The number of halogens is 1. The summed E-state index contributed by atoms with van der Waals surface area (Å²) in [5.74, 6) is 0.364. The number of nitrogens with one attached hydrogen (secondary N) is 1. The number of hydrogen-bond donors (Lipinski definition) is 2. The van der Waals surface area contributed by atoms with Crippen molar-refractivity contribution in [1.82, 2.24) is 10.2 Å². The van der Waals surface area contributed by atoms with E-state index in [2.05, 4.69) is 54.0 Å². The van der Waals surface area contributed by atoms with E-state index in [9.17, 15) is 5.11 Å². The first kappa shape index (κ1) is 17.5. The number of aromatic hydroxyl groups is 1. The van der Waals surface area contributed by atoms with Crippen LogP contribution in [0.25, 0.3) is 0 Å². The Balaban J connectivity index is 2.57. The Morgan fingerprint density at radius 2 is 2.00 bits per heavy atom. The summed E-state index contributed by atoms with van der Waals surface area (Å²) < 4.78 is 1.00. The minimum atomic E-state index is 0.192. The van der Waals surface area contributed by atoms with Crippen molar-refractivity contribution in [2.75, 3.05) is 20.1 Å². The third-order valence-corrected chi connectivity index (χ3v) is 4.47. The Kier molecular flexibility index (Phi) is 7.56. The van der Waals surface area contributed by atoms with E-state index in [0.29, 0.717) is 11.8 Å². The summed E-state index contributed by atoms with van der Waals surface area (Å²) >= 11 is 3.47. The van der Waals surface area contributed by atoms with Crippen molar-refractivity contribution >= 4 is 15.9 Å². The average molecular weight is 343 g/mol. The van der Waals surface area contributed by atoms with Gasteiger partial charge in [-0.3, -0.25) is 0 Å². The van der Waals surface area contributed by atoms with Crippen molar-refractivity contribution in [1.29, 1.82) is 0 Å². The molecule has 0 spiro atoms. The number of nitrogens with zero attached hydrogens (tertiary/aromatic N) is 1. The van der Waals surface area contributed by atoms with Crippen LogP contribution in [0.3, 0.4) is 0 Å². The lowest BCUT2D eigenvalue weighted by Gasteiger charge is -2.25. The van der Waals surface area contributed by atoms with Crippen molar-refractivity contribution in [2.45, 2.75) is 45.7 Å². The van der Waals surface area contributed by atoms with Crippen LogP contribution in [-0.2, 0) is 0 Å². The van der Waals surface area contributed by atoms with E-state index in [4.69, 9.17) is 0 Å². The van der Waals surface area contributed by atoms with E-state index in [1.54, 1.807) is 6.07 Å². The first-order chi connectivity index (χ1) is 9.49. The molecule has 2 N–H and O–H groups in total. The maximum atomic E-state index is 10.0. The zero-order valence-electron chi connectivity index (χ0n) is 13.0. The second-order valence-corrected chi connectivity index (χ2v) is 6.27. The Labute approximate surface area is 131 Å². The molecule has 0 aliphatic heterocycles. The molecule has 114 valence electrons. The summed E-state index contributed by atoms with van der Waals surface area (Å²) in [6.45, 7) is 8.53. The highest BCUT2D eigenvalue weighted by atomic mass is 79.9. The van der Waals surface area contributed by atoms with E-state index in [1.165, 1.54) is 6.42 Å². The molecule has 2 atom stereocenters. The summed E-state index contributed by atoms with van der Waals surface area (Å²) in [4.78, 5) is 2.36. The van der Waals surface area contributed by atoms with Gasteiger partial charge in [0, 0.05) is 35.2 Å². The van der Waals surface area contributed by atoms with E-state index in [1.807, 2.05) is 12.1 Å². The van der Waals surface area contributed by atoms with Gasteiger partial charge in [0.25, 0.3) is 0 Å². The van der Waals surface area contributed by atoms with Gasteiger partial charge in [0.15, 0.2) is 0 Å². The molecule has 1 rings (SSSR count).